The molecule has 1 aromatic heterocycles. The predicted octanol–water partition coefficient (Wildman–Crippen LogP) is 3.63. The molecule has 1 rings (SSSR count). The SMILES string of the molecule is C=CCSCCNC(C)c1ccc(C)s1. The largest absolute Gasteiger partial charge is 0.309 e. The maximum atomic E-state index is 3.70. The molecule has 15 heavy (non-hydrogen) atoms. The Morgan fingerprint density at radius 1 is 1.60 bits per heavy atom. The molecule has 0 saturated heterocycles. The second-order valence-electron chi connectivity index (χ2n) is 3.49. The maximum absolute atomic E-state index is 3.70. The average molecular weight is 241 g/mol. The van der Waals surface area contributed by atoms with E-state index in [1.54, 1.807) is 0 Å². The molecule has 0 saturated carbocycles. The van der Waals surface area contributed by atoms with E-state index in [1.165, 1.54) is 9.75 Å². The highest BCUT2D eigenvalue weighted by Crippen LogP contribution is 2.21. The van der Waals surface area contributed by atoms with Crippen molar-refractivity contribution in [1.82, 2.24) is 5.32 Å². The topological polar surface area (TPSA) is 12.0 Å². The van der Waals surface area contributed by atoms with Gasteiger partial charge in [0.1, 0.15) is 0 Å². The minimum absolute atomic E-state index is 0.480. The Labute approximate surface area is 101 Å². The normalized spacial score (nSPS) is 12.7. The molecule has 0 aliphatic heterocycles. The Morgan fingerprint density at radius 3 is 3.00 bits per heavy atom. The van der Waals surface area contributed by atoms with E-state index in [2.05, 4.69) is 37.9 Å². The highest BCUT2D eigenvalue weighted by atomic mass is 32.2. The number of hydrogen-bond acceptors (Lipinski definition) is 3. The lowest BCUT2D eigenvalue weighted by molar-refractivity contribution is 0.610. The molecule has 0 aliphatic rings. The summed E-state index contributed by atoms with van der Waals surface area (Å²) in [6.07, 6.45) is 1.96. The summed E-state index contributed by atoms with van der Waals surface area (Å²) in [6, 6.07) is 4.88. The van der Waals surface area contributed by atoms with Crippen LogP contribution in [0.2, 0.25) is 0 Å². The van der Waals surface area contributed by atoms with Gasteiger partial charge in [0.2, 0.25) is 0 Å². The van der Waals surface area contributed by atoms with E-state index >= 15 is 0 Å². The van der Waals surface area contributed by atoms with Gasteiger partial charge in [-0.15, -0.1) is 17.9 Å². The molecule has 0 amide bonds. The molecule has 0 radical (unpaired) electrons. The Bertz CT molecular complexity index is 294. The quantitative estimate of drug-likeness (QED) is 0.578. The predicted molar refractivity (Wildman–Crippen MR) is 73.0 cm³/mol. The molecule has 0 aliphatic carbocycles. The van der Waals surface area contributed by atoms with Gasteiger partial charge in [-0.25, -0.2) is 0 Å². The van der Waals surface area contributed by atoms with Crippen LogP contribution in [0, 0.1) is 6.92 Å². The van der Waals surface area contributed by atoms with Crippen LogP contribution in [-0.4, -0.2) is 18.1 Å². The van der Waals surface area contributed by atoms with Gasteiger partial charge in [-0.05, 0) is 26.0 Å². The summed E-state index contributed by atoms with van der Waals surface area (Å²) in [6.45, 7) is 9.15. The van der Waals surface area contributed by atoms with E-state index in [0.29, 0.717) is 6.04 Å². The molecular formula is C12H19NS2. The molecular weight excluding hydrogens is 222 g/mol. The fourth-order valence-electron chi connectivity index (χ4n) is 1.30. The third-order valence-corrected chi connectivity index (χ3v) is 4.27. The van der Waals surface area contributed by atoms with Gasteiger partial charge in [0.05, 0.1) is 0 Å². The van der Waals surface area contributed by atoms with Crippen LogP contribution in [0.5, 0.6) is 0 Å². The Morgan fingerprint density at radius 2 is 2.40 bits per heavy atom. The van der Waals surface area contributed by atoms with Crippen LogP contribution in [0.1, 0.15) is 22.7 Å². The number of thiophene rings is 1. The first-order valence-electron chi connectivity index (χ1n) is 5.22. The van der Waals surface area contributed by atoms with Gasteiger partial charge in [-0.2, -0.15) is 11.8 Å². The fourth-order valence-corrected chi connectivity index (χ4v) is 2.80. The second kappa shape index (κ2) is 7.09. The number of rotatable bonds is 7. The van der Waals surface area contributed by atoms with Crippen molar-refractivity contribution in [2.24, 2.45) is 0 Å². The number of thioether (sulfide) groups is 1. The third kappa shape index (κ3) is 4.87. The fraction of sp³-hybridized carbons (Fsp3) is 0.500. The smallest absolute Gasteiger partial charge is 0.0386 e. The van der Waals surface area contributed by atoms with Gasteiger partial charge < -0.3 is 5.32 Å². The van der Waals surface area contributed by atoms with Crippen LogP contribution in [-0.2, 0) is 0 Å². The van der Waals surface area contributed by atoms with Crippen LogP contribution < -0.4 is 5.32 Å². The van der Waals surface area contributed by atoms with Crippen molar-refractivity contribution in [3.8, 4) is 0 Å². The Balaban J connectivity index is 2.18. The van der Waals surface area contributed by atoms with Crippen LogP contribution >= 0.6 is 23.1 Å². The lowest BCUT2D eigenvalue weighted by Crippen LogP contribution is -2.20. The molecule has 0 bridgehead atoms. The zero-order valence-electron chi connectivity index (χ0n) is 9.45. The van der Waals surface area contributed by atoms with Crippen LogP contribution in [0.15, 0.2) is 24.8 Å². The van der Waals surface area contributed by atoms with E-state index in [9.17, 15) is 0 Å². The van der Waals surface area contributed by atoms with Crippen molar-refractivity contribution in [2.45, 2.75) is 19.9 Å². The first-order chi connectivity index (χ1) is 7.24. The Kier molecular flexibility index (Phi) is 6.06. The molecule has 0 fully saturated rings. The van der Waals surface area contributed by atoms with Crippen LogP contribution in [0.3, 0.4) is 0 Å². The first-order valence-corrected chi connectivity index (χ1v) is 7.19. The molecule has 3 heteroatoms. The highest BCUT2D eigenvalue weighted by Gasteiger charge is 2.05. The molecule has 1 unspecified atom stereocenters. The third-order valence-electron chi connectivity index (χ3n) is 2.12. The van der Waals surface area contributed by atoms with Crippen molar-refractivity contribution in [1.29, 1.82) is 0 Å². The number of hydrogen-bond donors (Lipinski definition) is 1. The van der Waals surface area contributed by atoms with Crippen molar-refractivity contribution in [3.05, 3.63) is 34.5 Å². The summed E-state index contributed by atoms with van der Waals surface area (Å²) < 4.78 is 0. The summed E-state index contributed by atoms with van der Waals surface area (Å²) >= 11 is 3.80. The minimum Gasteiger partial charge on any atom is -0.309 e. The Hall–Kier alpha value is -0.250. The maximum Gasteiger partial charge on any atom is 0.0386 e. The average Bonchev–Trinajstić information content (AvgIpc) is 2.64. The van der Waals surface area contributed by atoms with Gasteiger partial charge in [0, 0.05) is 33.8 Å². The summed E-state index contributed by atoms with van der Waals surface area (Å²) in [4.78, 5) is 2.82. The molecule has 1 N–H and O–H groups in total. The van der Waals surface area contributed by atoms with Crippen molar-refractivity contribution in [2.75, 3.05) is 18.1 Å². The van der Waals surface area contributed by atoms with Gasteiger partial charge >= 0.3 is 0 Å². The zero-order valence-corrected chi connectivity index (χ0v) is 11.1. The molecule has 84 valence electrons. The molecule has 1 nitrogen and oxygen atoms in total. The van der Waals surface area contributed by atoms with Crippen molar-refractivity contribution in [3.63, 3.8) is 0 Å². The highest BCUT2D eigenvalue weighted by molar-refractivity contribution is 7.99. The summed E-state index contributed by atoms with van der Waals surface area (Å²) in [5.41, 5.74) is 0. The standard InChI is InChI=1S/C12H19NS2/c1-4-8-14-9-7-13-11(3)12-6-5-10(2)15-12/h4-6,11,13H,1,7-9H2,2-3H3. The zero-order chi connectivity index (χ0) is 11.1. The van der Waals surface area contributed by atoms with E-state index < -0.39 is 0 Å². The number of nitrogens with one attached hydrogen (secondary N) is 1. The van der Waals surface area contributed by atoms with Crippen LogP contribution in [0.25, 0.3) is 0 Å². The van der Waals surface area contributed by atoms with Gasteiger partial charge in [0.25, 0.3) is 0 Å². The molecule has 1 heterocycles. The lowest BCUT2D eigenvalue weighted by atomic mass is 10.3. The molecule has 1 atom stereocenters. The molecule has 0 spiro atoms. The summed E-state index contributed by atoms with van der Waals surface area (Å²) in [5, 5.41) is 3.53. The van der Waals surface area contributed by atoms with Crippen molar-refractivity contribution < 1.29 is 0 Å². The van der Waals surface area contributed by atoms with Crippen molar-refractivity contribution >= 4 is 23.1 Å². The van der Waals surface area contributed by atoms with Gasteiger partial charge in [-0.1, -0.05) is 6.08 Å². The van der Waals surface area contributed by atoms with E-state index in [4.69, 9.17) is 0 Å². The van der Waals surface area contributed by atoms with Gasteiger partial charge in [-0.3, -0.25) is 0 Å². The van der Waals surface area contributed by atoms with Gasteiger partial charge in [0.15, 0.2) is 0 Å². The lowest BCUT2D eigenvalue weighted by Gasteiger charge is -2.11. The monoisotopic (exact) mass is 241 g/mol. The minimum atomic E-state index is 0.480. The van der Waals surface area contributed by atoms with Crippen LogP contribution in [0.4, 0.5) is 0 Å². The first kappa shape index (κ1) is 12.8. The molecule has 1 aromatic rings. The summed E-state index contributed by atoms with van der Waals surface area (Å²) in [7, 11) is 0. The van der Waals surface area contributed by atoms with E-state index in [-0.39, 0.29) is 0 Å². The second-order valence-corrected chi connectivity index (χ2v) is 5.96. The summed E-state index contributed by atoms with van der Waals surface area (Å²) in [5.74, 6) is 2.20. The van der Waals surface area contributed by atoms with E-state index in [0.717, 1.165) is 18.1 Å². The van der Waals surface area contributed by atoms with E-state index in [1.807, 2.05) is 29.2 Å². The molecule has 0 aromatic carbocycles. The number of aryl methyl sites for hydroxylation is 1.